The molecule has 0 fully saturated rings. The highest BCUT2D eigenvalue weighted by Crippen LogP contribution is 2.43. The number of nitrogens with one attached hydrogen (secondary N) is 1. The van der Waals surface area contributed by atoms with Crippen molar-refractivity contribution < 1.29 is 4.79 Å². The third kappa shape index (κ3) is 3.43. The van der Waals surface area contributed by atoms with Crippen molar-refractivity contribution in [3.05, 3.63) is 86.1 Å². The Balaban J connectivity index is 1.74. The van der Waals surface area contributed by atoms with E-state index < -0.39 is 0 Å². The zero-order valence-electron chi connectivity index (χ0n) is 16.0. The highest BCUT2D eigenvalue weighted by atomic mass is 35.5. The second-order valence-electron chi connectivity index (χ2n) is 7.00. The van der Waals surface area contributed by atoms with Crippen LogP contribution in [0.25, 0.3) is 0 Å². The fourth-order valence-corrected chi connectivity index (χ4v) is 5.67. The predicted molar refractivity (Wildman–Crippen MR) is 118 cm³/mol. The molecule has 4 rings (SSSR count). The Morgan fingerprint density at radius 1 is 1.18 bits per heavy atom. The van der Waals surface area contributed by atoms with Crippen LogP contribution in [0.1, 0.15) is 39.4 Å². The first-order valence-corrected chi connectivity index (χ1v) is 10.8. The second kappa shape index (κ2) is 7.98. The number of carbonyl (C=O) groups is 1. The van der Waals surface area contributed by atoms with Crippen molar-refractivity contribution >= 4 is 34.7 Å². The smallest absolute Gasteiger partial charge is 0.312 e. The van der Waals surface area contributed by atoms with Crippen LogP contribution in [0.3, 0.4) is 0 Å². The molecule has 144 valence electrons. The number of fused-ring (bicyclic) bond motifs is 1. The summed E-state index contributed by atoms with van der Waals surface area (Å²) in [5.74, 6) is 0. The molecule has 0 spiro atoms. The minimum absolute atomic E-state index is 0.0727. The summed E-state index contributed by atoms with van der Waals surface area (Å²) in [7, 11) is 0. The van der Waals surface area contributed by atoms with Crippen LogP contribution in [-0.2, 0) is 12.8 Å². The topological polar surface area (TPSA) is 32.3 Å². The fraction of sp³-hybridized carbons (Fsp3) is 0.261. The minimum Gasteiger partial charge on any atom is -0.312 e. The molecule has 3 aromatic rings. The summed E-state index contributed by atoms with van der Waals surface area (Å²) in [6.07, 6.45) is 1.92. The lowest BCUT2D eigenvalue weighted by molar-refractivity contribution is 0.195. The summed E-state index contributed by atoms with van der Waals surface area (Å²) in [4.78, 5) is 17.8. The lowest BCUT2D eigenvalue weighted by atomic mass is 9.92. The van der Waals surface area contributed by atoms with Gasteiger partial charge >= 0.3 is 6.03 Å². The first-order valence-electron chi connectivity index (χ1n) is 9.58. The number of aryl methyl sites for hydroxylation is 1. The van der Waals surface area contributed by atoms with Crippen LogP contribution in [0.5, 0.6) is 0 Å². The Labute approximate surface area is 175 Å². The molecule has 0 saturated heterocycles. The van der Waals surface area contributed by atoms with Crippen LogP contribution >= 0.6 is 22.9 Å². The van der Waals surface area contributed by atoms with E-state index in [1.165, 1.54) is 20.9 Å². The van der Waals surface area contributed by atoms with Gasteiger partial charge in [0.25, 0.3) is 0 Å². The molecule has 0 saturated carbocycles. The highest BCUT2D eigenvalue weighted by molar-refractivity contribution is 7.12. The molecule has 1 aliphatic rings. The lowest BCUT2D eigenvalue weighted by Crippen LogP contribution is -2.42. The molecule has 28 heavy (non-hydrogen) atoms. The molecule has 0 radical (unpaired) electrons. The van der Waals surface area contributed by atoms with Gasteiger partial charge in [0.2, 0.25) is 0 Å². The van der Waals surface area contributed by atoms with Gasteiger partial charge < -0.3 is 10.2 Å². The van der Waals surface area contributed by atoms with Crippen molar-refractivity contribution in [2.24, 2.45) is 0 Å². The van der Waals surface area contributed by atoms with Crippen molar-refractivity contribution in [2.45, 2.75) is 32.7 Å². The van der Waals surface area contributed by atoms with Crippen molar-refractivity contribution in [1.82, 2.24) is 4.90 Å². The Bertz CT molecular complexity index is 999. The molecule has 2 aromatic carbocycles. The summed E-state index contributed by atoms with van der Waals surface area (Å²) in [5, 5.41) is 3.55. The maximum absolute atomic E-state index is 13.2. The summed E-state index contributed by atoms with van der Waals surface area (Å²) >= 11 is 8.08. The number of benzene rings is 2. The largest absolute Gasteiger partial charge is 0.322 e. The monoisotopic (exact) mass is 410 g/mol. The van der Waals surface area contributed by atoms with Crippen LogP contribution in [0, 0.1) is 6.92 Å². The quantitative estimate of drug-likeness (QED) is 0.528. The molecular weight excluding hydrogens is 388 g/mol. The van der Waals surface area contributed by atoms with Crippen molar-refractivity contribution in [3.63, 3.8) is 0 Å². The number of anilines is 1. The van der Waals surface area contributed by atoms with E-state index in [-0.39, 0.29) is 12.1 Å². The van der Waals surface area contributed by atoms with E-state index in [2.05, 4.69) is 31.3 Å². The van der Waals surface area contributed by atoms with Crippen LogP contribution in [-0.4, -0.2) is 17.5 Å². The molecule has 1 N–H and O–H groups in total. The molecule has 0 unspecified atom stereocenters. The Morgan fingerprint density at radius 2 is 1.89 bits per heavy atom. The van der Waals surface area contributed by atoms with E-state index in [9.17, 15) is 4.79 Å². The molecule has 1 atom stereocenters. The predicted octanol–water partition coefficient (Wildman–Crippen LogP) is 6.45. The first kappa shape index (κ1) is 19.0. The van der Waals surface area contributed by atoms with Crippen LogP contribution in [0.15, 0.2) is 54.6 Å². The van der Waals surface area contributed by atoms with Gasteiger partial charge in [-0.15, -0.1) is 11.3 Å². The standard InChI is InChI=1S/C23H23ClN2OS/c1-3-17-15(2)28-22-18(17)13-14-26(21(22)16-9-5-4-6-10-16)23(27)25-20-12-8-7-11-19(20)24/h4-12,21H,3,13-14H2,1-2H3,(H,25,27)/t21-/m0/s1. The average molecular weight is 411 g/mol. The number of thiophene rings is 1. The number of rotatable bonds is 3. The Kier molecular flexibility index (Phi) is 5.42. The number of halogens is 1. The van der Waals surface area contributed by atoms with Crippen molar-refractivity contribution in [2.75, 3.05) is 11.9 Å². The highest BCUT2D eigenvalue weighted by Gasteiger charge is 2.35. The van der Waals surface area contributed by atoms with Gasteiger partial charge in [-0.25, -0.2) is 4.79 Å². The van der Waals surface area contributed by atoms with Gasteiger partial charge in [-0.05, 0) is 48.6 Å². The van der Waals surface area contributed by atoms with Crippen LogP contribution < -0.4 is 5.32 Å². The summed E-state index contributed by atoms with van der Waals surface area (Å²) in [5.41, 5.74) is 4.66. The van der Waals surface area contributed by atoms with E-state index in [0.29, 0.717) is 17.3 Å². The molecule has 2 amide bonds. The first-order chi connectivity index (χ1) is 13.6. The van der Waals surface area contributed by atoms with E-state index in [1.807, 2.05) is 52.6 Å². The zero-order valence-corrected chi connectivity index (χ0v) is 17.6. The van der Waals surface area contributed by atoms with Gasteiger partial charge in [0.15, 0.2) is 0 Å². The van der Waals surface area contributed by atoms with Crippen LogP contribution in [0.4, 0.5) is 10.5 Å². The van der Waals surface area contributed by atoms with Crippen molar-refractivity contribution in [1.29, 1.82) is 0 Å². The third-order valence-electron chi connectivity index (χ3n) is 5.36. The van der Waals surface area contributed by atoms with E-state index in [4.69, 9.17) is 11.6 Å². The number of carbonyl (C=O) groups excluding carboxylic acids is 1. The normalized spacial score (nSPS) is 16.0. The summed E-state index contributed by atoms with van der Waals surface area (Å²) < 4.78 is 0. The molecule has 0 bridgehead atoms. The molecule has 1 aliphatic heterocycles. The van der Waals surface area contributed by atoms with Crippen molar-refractivity contribution in [3.8, 4) is 0 Å². The minimum atomic E-state index is -0.114. The molecule has 0 aliphatic carbocycles. The van der Waals surface area contributed by atoms with Gasteiger partial charge in [0.1, 0.15) is 0 Å². The summed E-state index contributed by atoms with van der Waals surface area (Å²) in [6, 6.07) is 17.5. The fourth-order valence-electron chi connectivity index (χ4n) is 4.04. The van der Waals surface area contributed by atoms with Gasteiger partial charge in [0, 0.05) is 16.3 Å². The van der Waals surface area contributed by atoms with E-state index >= 15 is 0 Å². The Hall–Kier alpha value is -2.30. The molecule has 1 aromatic heterocycles. The molecule has 5 heteroatoms. The van der Waals surface area contributed by atoms with Gasteiger partial charge in [-0.2, -0.15) is 0 Å². The van der Waals surface area contributed by atoms with Gasteiger partial charge in [-0.3, -0.25) is 0 Å². The zero-order chi connectivity index (χ0) is 19.7. The molecular formula is C23H23ClN2OS. The average Bonchev–Trinajstić information content (AvgIpc) is 3.04. The SMILES string of the molecule is CCc1c(C)sc2c1CCN(C(=O)Nc1ccccc1Cl)[C@H]2c1ccccc1. The molecule has 2 heterocycles. The maximum atomic E-state index is 13.2. The van der Waals surface area contributed by atoms with Crippen LogP contribution in [0.2, 0.25) is 5.02 Å². The number of para-hydroxylation sites is 1. The number of hydrogen-bond acceptors (Lipinski definition) is 2. The number of urea groups is 1. The van der Waals surface area contributed by atoms with E-state index in [0.717, 1.165) is 18.4 Å². The maximum Gasteiger partial charge on any atom is 0.322 e. The lowest BCUT2D eigenvalue weighted by Gasteiger charge is -2.36. The van der Waals surface area contributed by atoms with E-state index in [1.54, 1.807) is 6.07 Å². The van der Waals surface area contributed by atoms with Gasteiger partial charge in [0.05, 0.1) is 16.8 Å². The molecule has 3 nitrogen and oxygen atoms in total. The number of amides is 2. The third-order valence-corrected chi connectivity index (χ3v) is 6.93. The second-order valence-corrected chi connectivity index (χ2v) is 8.66. The Morgan fingerprint density at radius 3 is 2.61 bits per heavy atom. The number of hydrogen-bond donors (Lipinski definition) is 1. The van der Waals surface area contributed by atoms with Gasteiger partial charge in [-0.1, -0.05) is 61.0 Å². The number of nitrogens with zero attached hydrogens (tertiary/aromatic N) is 1. The summed E-state index contributed by atoms with van der Waals surface area (Å²) in [6.45, 7) is 5.09.